The number of nitrogens with one attached hydrogen (secondary N) is 2. The summed E-state index contributed by atoms with van der Waals surface area (Å²) in [7, 11) is 0. The lowest BCUT2D eigenvalue weighted by molar-refractivity contribution is 0.251. The van der Waals surface area contributed by atoms with E-state index in [-0.39, 0.29) is 6.03 Å². The summed E-state index contributed by atoms with van der Waals surface area (Å²) < 4.78 is 0.977. The van der Waals surface area contributed by atoms with Crippen LogP contribution in [0.2, 0.25) is 0 Å². The number of carbonyl (C=O) groups excluding carboxylic acids is 1. The topological polar surface area (TPSA) is 54.0 Å². The number of nitrogens with zero attached hydrogens (tertiary/aromatic N) is 1. The van der Waals surface area contributed by atoms with Crippen molar-refractivity contribution < 1.29 is 4.79 Å². The van der Waals surface area contributed by atoms with Gasteiger partial charge < -0.3 is 10.6 Å². The molecular weight excluding hydrogens is 294 g/mol. The van der Waals surface area contributed by atoms with Gasteiger partial charge in [0.2, 0.25) is 0 Å². The van der Waals surface area contributed by atoms with Gasteiger partial charge in [0.05, 0.1) is 0 Å². The molecule has 1 heterocycles. The smallest absolute Gasteiger partial charge is 0.319 e. The number of aromatic nitrogens is 1. The molecular formula is C13H12BrN3O. The summed E-state index contributed by atoms with van der Waals surface area (Å²) in [4.78, 5) is 15.5. The molecule has 0 radical (unpaired) electrons. The quantitative estimate of drug-likeness (QED) is 0.915. The molecule has 0 saturated carbocycles. The molecule has 18 heavy (non-hydrogen) atoms. The molecule has 1 aromatic carbocycles. The van der Waals surface area contributed by atoms with E-state index in [1.807, 2.05) is 36.4 Å². The number of carbonyl (C=O) groups is 1. The third-order valence-electron chi connectivity index (χ3n) is 2.30. The molecule has 1 aromatic heterocycles. The van der Waals surface area contributed by atoms with E-state index in [4.69, 9.17) is 0 Å². The second kappa shape index (κ2) is 6.16. The highest BCUT2D eigenvalue weighted by Gasteiger charge is 2.01. The summed E-state index contributed by atoms with van der Waals surface area (Å²) in [6, 6.07) is 10.9. The maximum absolute atomic E-state index is 11.6. The first kappa shape index (κ1) is 12.6. The molecule has 0 bridgehead atoms. The second-order valence-corrected chi connectivity index (χ2v) is 4.59. The number of rotatable bonds is 3. The lowest BCUT2D eigenvalue weighted by atomic mass is 10.3. The number of benzene rings is 1. The van der Waals surface area contributed by atoms with Gasteiger partial charge in [-0.2, -0.15) is 0 Å². The Labute approximate surface area is 114 Å². The predicted molar refractivity (Wildman–Crippen MR) is 74.2 cm³/mol. The Bertz CT molecular complexity index is 514. The van der Waals surface area contributed by atoms with E-state index >= 15 is 0 Å². The van der Waals surface area contributed by atoms with Gasteiger partial charge in [-0.05, 0) is 42.0 Å². The van der Waals surface area contributed by atoms with Crippen molar-refractivity contribution in [3.8, 4) is 0 Å². The zero-order valence-electron chi connectivity index (χ0n) is 9.56. The molecule has 0 aliphatic rings. The van der Waals surface area contributed by atoms with Crippen LogP contribution in [-0.2, 0) is 6.54 Å². The van der Waals surface area contributed by atoms with Crippen molar-refractivity contribution in [3.63, 3.8) is 0 Å². The molecule has 0 atom stereocenters. The normalized spacial score (nSPS) is 9.83. The third kappa shape index (κ3) is 3.85. The Morgan fingerprint density at radius 1 is 1.11 bits per heavy atom. The van der Waals surface area contributed by atoms with Crippen LogP contribution >= 0.6 is 15.9 Å². The average molecular weight is 306 g/mol. The first-order valence-electron chi connectivity index (χ1n) is 5.43. The van der Waals surface area contributed by atoms with E-state index in [2.05, 4.69) is 31.5 Å². The number of hydrogen-bond donors (Lipinski definition) is 2. The summed E-state index contributed by atoms with van der Waals surface area (Å²) in [5.74, 6) is 0. The van der Waals surface area contributed by atoms with Crippen molar-refractivity contribution >= 4 is 27.6 Å². The van der Waals surface area contributed by atoms with Crippen LogP contribution in [0.1, 0.15) is 5.56 Å². The van der Waals surface area contributed by atoms with E-state index < -0.39 is 0 Å². The van der Waals surface area contributed by atoms with Crippen LogP contribution in [0.3, 0.4) is 0 Å². The first-order valence-corrected chi connectivity index (χ1v) is 6.22. The van der Waals surface area contributed by atoms with Crippen LogP contribution in [-0.4, -0.2) is 11.0 Å². The minimum atomic E-state index is -0.228. The average Bonchev–Trinajstić information content (AvgIpc) is 2.40. The Morgan fingerprint density at radius 3 is 2.44 bits per heavy atom. The molecule has 0 spiro atoms. The summed E-state index contributed by atoms with van der Waals surface area (Å²) in [5.41, 5.74) is 1.77. The van der Waals surface area contributed by atoms with Crippen LogP contribution in [0.25, 0.3) is 0 Å². The minimum Gasteiger partial charge on any atom is -0.334 e. The number of halogens is 1. The maximum atomic E-state index is 11.6. The Kier molecular flexibility index (Phi) is 4.30. The summed E-state index contributed by atoms with van der Waals surface area (Å²) in [5, 5.41) is 5.53. The number of amides is 2. The van der Waals surface area contributed by atoms with Gasteiger partial charge in [0, 0.05) is 29.1 Å². The molecule has 0 aliphatic carbocycles. The number of hydrogen-bond acceptors (Lipinski definition) is 2. The molecule has 2 aromatic rings. The standard InChI is InChI=1S/C13H12BrN3O/c14-11-1-3-12(4-2-11)17-13(18)16-9-10-5-7-15-8-6-10/h1-8H,9H2,(H2,16,17,18). The Balaban J connectivity index is 1.84. The van der Waals surface area contributed by atoms with E-state index in [9.17, 15) is 4.79 Å². The van der Waals surface area contributed by atoms with E-state index in [1.165, 1.54) is 0 Å². The highest BCUT2D eigenvalue weighted by atomic mass is 79.9. The highest BCUT2D eigenvalue weighted by molar-refractivity contribution is 9.10. The van der Waals surface area contributed by atoms with Gasteiger partial charge in [-0.1, -0.05) is 15.9 Å². The monoisotopic (exact) mass is 305 g/mol. The van der Waals surface area contributed by atoms with Crippen molar-refractivity contribution in [1.29, 1.82) is 0 Å². The number of pyridine rings is 1. The van der Waals surface area contributed by atoms with Crippen molar-refractivity contribution in [3.05, 3.63) is 58.8 Å². The van der Waals surface area contributed by atoms with Gasteiger partial charge >= 0.3 is 6.03 Å². The molecule has 2 amide bonds. The largest absolute Gasteiger partial charge is 0.334 e. The van der Waals surface area contributed by atoms with Crippen molar-refractivity contribution in [2.75, 3.05) is 5.32 Å². The van der Waals surface area contributed by atoms with Gasteiger partial charge in [0.1, 0.15) is 0 Å². The van der Waals surface area contributed by atoms with E-state index in [1.54, 1.807) is 12.4 Å². The molecule has 4 nitrogen and oxygen atoms in total. The maximum Gasteiger partial charge on any atom is 0.319 e. The zero-order valence-corrected chi connectivity index (χ0v) is 11.1. The van der Waals surface area contributed by atoms with Crippen molar-refractivity contribution in [1.82, 2.24) is 10.3 Å². The van der Waals surface area contributed by atoms with Gasteiger partial charge in [0.15, 0.2) is 0 Å². The lowest BCUT2D eigenvalue weighted by Gasteiger charge is -2.07. The Morgan fingerprint density at radius 2 is 1.78 bits per heavy atom. The third-order valence-corrected chi connectivity index (χ3v) is 2.83. The molecule has 92 valence electrons. The Hall–Kier alpha value is -1.88. The molecule has 5 heteroatoms. The fourth-order valence-corrected chi connectivity index (χ4v) is 1.66. The predicted octanol–water partition coefficient (Wildman–Crippen LogP) is 3.17. The fourth-order valence-electron chi connectivity index (χ4n) is 1.39. The van der Waals surface area contributed by atoms with Crippen molar-refractivity contribution in [2.24, 2.45) is 0 Å². The molecule has 0 aliphatic heterocycles. The van der Waals surface area contributed by atoms with E-state index in [0.717, 1.165) is 15.7 Å². The van der Waals surface area contributed by atoms with Crippen LogP contribution < -0.4 is 10.6 Å². The van der Waals surface area contributed by atoms with E-state index in [0.29, 0.717) is 6.54 Å². The molecule has 0 fully saturated rings. The summed E-state index contributed by atoms with van der Waals surface area (Å²) in [6.45, 7) is 0.477. The van der Waals surface area contributed by atoms with Gasteiger partial charge in [-0.15, -0.1) is 0 Å². The van der Waals surface area contributed by atoms with Crippen LogP contribution in [0.4, 0.5) is 10.5 Å². The van der Waals surface area contributed by atoms with Crippen LogP contribution in [0.5, 0.6) is 0 Å². The minimum absolute atomic E-state index is 0.228. The number of urea groups is 1. The fraction of sp³-hybridized carbons (Fsp3) is 0.0769. The second-order valence-electron chi connectivity index (χ2n) is 3.67. The van der Waals surface area contributed by atoms with Crippen molar-refractivity contribution in [2.45, 2.75) is 6.54 Å². The van der Waals surface area contributed by atoms with Gasteiger partial charge in [-0.3, -0.25) is 4.98 Å². The van der Waals surface area contributed by atoms with Gasteiger partial charge in [0.25, 0.3) is 0 Å². The molecule has 0 unspecified atom stereocenters. The lowest BCUT2D eigenvalue weighted by Crippen LogP contribution is -2.28. The first-order chi connectivity index (χ1) is 8.74. The molecule has 2 rings (SSSR count). The van der Waals surface area contributed by atoms with Crippen LogP contribution in [0, 0.1) is 0 Å². The summed E-state index contributed by atoms with van der Waals surface area (Å²) >= 11 is 3.34. The van der Waals surface area contributed by atoms with Crippen LogP contribution in [0.15, 0.2) is 53.3 Å². The SMILES string of the molecule is O=C(NCc1ccncc1)Nc1ccc(Br)cc1. The zero-order chi connectivity index (χ0) is 12.8. The van der Waals surface area contributed by atoms with Gasteiger partial charge in [-0.25, -0.2) is 4.79 Å². The highest BCUT2D eigenvalue weighted by Crippen LogP contribution is 2.13. The molecule has 2 N–H and O–H groups in total. The summed E-state index contributed by atoms with van der Waals surface area (Å²) in [6.07, 6.45) is 3.40. The number of anilines is 1. The molecule has 0 saturated heterocycles.